The number of nitrogens with zero attached hydrogens (tertiary/aromatic N) is 1. The fraction of sp³-hybridized carbons (Fsp3) is 0.328. The minimum absolute atomic E-state index is 0.0174. The van der Waals surface area contributed by atoms with Crippen LogP contribution in [0.5, 0.6) is 23.0 Å². The highest BCUT2D eigenvalue weighted by Gasteiger charge is 2.62. The molecule has 21 nitrogen and oxygen atoms in total. The summed E-state index contributed by atoms with van der Waals surface area (Å²) in [5, 5.41) is 91.0. The maximum Gasteiger partial charge on any atom is 0.255 e. The number of primary amides is 2. The molecule has 0 aliphatic heterocycles. The number of carbonyl (C=O) groups excluding carboxylic acids is 7. The second-order valence-corrected chi connectivity index (χ2v) is 20.6. The quantitative estimate of drug-likeness (QED) is 0.0836. The number of hydrogen-bond acceptors (Lipinski definition) is 19. The Labute approximate surface area is 452 Å². The molecule has 6 aliphatic rings. The summed E-state index contributed by atoms with van der Waals surface area (Å²) < 4.78 is 11.1. The highest BCUT2D eigenvalue weighted by molar-refractivity contribution is 6.24. The molecule has 0 aromatic heterocycles. The number of aliphatic hydroxyl groups excluding tert-OH is 4. The number of ether oxygens (including phenoxy) is 2. The molecule has 4 aromatic carbocycles. The third-order valence-electron chi connectivity index (χ3n) is 15.6. The summed E-state index contributed by atoms with van der Waals surface area (Å²) in [6.07, 6.45) is 0.330. The van der Waals surface area contributed by atoms with Gasteiger partial charge in [-0.05, 0) is 136 Å². The first kappa shape index (κ1) is 56.6. The molecule has 0 unspecified atom stereocenters. The number of methoxy groups -OCH3 is 2. The number of ketones is 4. The average molecular weight is 1090 g/mol. The zero-order valence-corrected chi connectivity index (χ0v) is 44.0. The van der Waals surface area contributed by atoms with Gasteiger partial charge in [0, 0.05) is 59.1 Å². The zero-order chi connectivity index (χ0) is 57.9. The van der Waals surface area contributed by atoms with Crippen LogP contribution in [0.15, 0.2) is 94.5 Å². The molecule has 0 saturated heterocycles. The Kier molecular flexibility index (Phi) is 15.3. The largest absolute Gasteiger partial charge is 0.508 e. The van der Waals surface area contributed by atoms with E-state index in [9.17, 15) is 74.4 Å². The second kappa shape index (κ2) is 21.3. The van der Waals surface area contributed by atoms with E-state index in [1.807, 2.05) is 51.3 Å². The molecule has 0 radical (unpaired) electrons. The first-order chi connectivity index (χ1) is 37.3. The van der Waals surface area contributed by atoms with Crippen LogP contribution in [0.4, 0.5) is 0 Å². The number of carbonyl (C=O) groups is 7. The van der Waals surface area contributed by atoms with Gasteiger partial charge in [0.2, 0.25) is 11.6 Å². The molecule has 6 atom stereocenters. The number of nitrogens with two attached hydrogens (primary N) is 2. The van der Waals surface area contributed by atoms with Gasteiger partial charge in [0.05, 0.1) is 25.3 Å². The average Bonchev–Trinajstić information content (AvgIpc) is 3.50. The number of fused-ring (bicyclic) bond motifs is 6. The lowest BCUT2D eigenvalue weighted by molar-refractivity contribution is -0.148. The van der Waals surface area contributed by atoms with Gasteiger partial charge in [-0.25, -0.2) is 0 Å². The van der Waals surface area contributed by atoms with Gasteiger partial charge in [-0.2, -0.15) is 0 Å². The lowest BCUT2D eigenvalue weighted by atomic mass is 9.59. The van der Waals surface area contributed by atoms with Crippen molar-refractivity contribution in [2.24, 2.45) is 35.1 Å². The molecular formula is C58H60N4O17. The standard InChI is InChI=1S/C29H30N2O8.C27H23NO9.C2H7N/c1-31(2)12-13-4-7-21(39-3)17(8-13)16-5-6-19(32)23-18(16)10-14-9-15-11-20(33)24(28(30)37)27(36)29(15,38)26(35)22(14)25(23)34;1-37-19-5-2-11(10-29)6-15(19)14-3-4-17(30)21-16(14)8-12-7-13-9-18(31)22(26(28)35)25(34)27(13,36)24(33)20(12)23(21)32;1-3-2/h4-8,14-15,32,34,36,38H,9-12H2,1-3H3,(H2,30,37);2-6,10,12-13,30,32,34,36H,7-9H2,1H3,(H2,28,35);3H,1-2H3/t14-,15+,29+;12-,13+,27+;/m11./s1. The lowest BCUT2D eigenvalue weighted by Crippen LogP contribution is -2.58. The van der Waals surface area contributed by atoms with Crippen LogP contribution in [-0.4, -0.2) is 141 Å². The first-order valence-corrected chi connectivity index (χ1v) is 25.0. The maximum atomic E-state index is 13.7. The fourth-order valence-electron chi connectivity index (χ4n) is 12.2. The Bertz CT molecular complexity index is 3460. The van der Waals surface area contributed by atoms with Crippen molar-refractivity contribution in [1.82, 2.24) is 10.2 Å². The van der Waals surface area contributed by atoms with Crippen LogP contribution >= 0.6 is 0 Å². The third kappa shape index (κ3) is 9.16. The normalized spacial score (nSPS) is 23.9. The van der Waals surface area contributed by atoms with E-state index in [4.69, 9.17) is 20.9 Å². The fourth-order valence-corrected chi connectivity index (χ4v) is 12.2. The number of phenols is 2. The van der Waals surface area contributed by atoms with Crippen molar-refractivity contribution in [3.63, 3.8) is 0 Å². The third-order valence-corrected chi connectivity index (χ3v) is 15.6. The topological polar surface area (TPSA) is 367 Å². The monoisotopic (exact) mass is 1080 g/mol. The van der Waals surface area contributed by atoms with E-state index in [1.165, 1.54) is 19.2 Å². The van der Waals surface area contributed by atoms with Crippen LogP contribution in [0.3, 0.4) is 0 Å². The molecular weight excluding hydrogens is 1020 g/mol. The van der Waals surface area contributed by atoms with E-state index in [2.05, 4.69) is 5.32 Å². The number of rotatable bonds is 9. The van der Waals surface area contributed by atoms with Crippen LogP contribution in [0.25, 0.3) is 33.8 Å². The molecule has 4 aromatic rings. The van der Waals surface area contributed by atoms with Crippen molar-refractivity contribution in [2.45, 2.75) is 56.3 Å². The molecule has 10 rings (SSSR count). The van der Waals surface area contributed by atoms with Gasteiger partial charge in [-0.15, -0.1) is 0 Å². The molecule has 6 aliphatic carbocycles. The summed E-state index contributed by atoms with van der Waals surface area (Å²) in [4.78, 5) is 89.4. The van der Waals surface area contributed by atoms with E-state index in [1.54, 1.807) is 37.4 Å². The van der Waals surface area contributed by atoms with Crippen LogP contribution in [-0.2, 0) is 48.2 Å². The van der Waals surface area contributed by atoms with Gasteiger partial charge in [-0.3, -0.25) is 33.6 Å². The molecule has 2 amide bonds. The molecule has 2 fully saturated rings. The van der Waals surface area contributed by atoms with Gasteiger partial charge in [0.25, 0.3) is 11.8 Å². The Hall–Kier alpha value is -8.63. The van der Waals surface area contributed by atoms with Crippen LogP contribution < -0.4 is 26.3 Å². The van der Waals surface area contributed by atoms with Gasteiger partial charge in [-0.1, -0.05) is 18.2 Å². The Balaban J connectivity index is 0.000000199. The number of nitrogens with one attached hydrogen (secondary N) is 1. The molecule has 2 saturated carbocycles. The molecule has 0 heterocycles. The summed E-state index contributed by atoms with van der Waals surface area (Å²) >= 11 is 0. The molecule has 79 heavy (non-hydrogen) atoms. The smallest absolute Gasteiger partial charge is 0.255 e. The number of aromatic hydroxyl groups is 2. The number of Topliss-reactive ketones (excluding diaryl/α,β-unsaturated/α-hetero) is 4. The van der Waals surface area contributed by atoms with Crippen LogP contribution in [0.1, 0.15) is 63.9 Å². The van der Waals surface area contributed by atoms with E-state index in [0.717, 1.165) is 11.1 Å². The molecule has 13 N–H and O–H groups in total. The van der Waals surface area contributed by atoms with Crippen LogP contribution in [0, 0.1) is 23.7 Å². The first-order valence-electron chi connectivity index (χ1n) is 25.0. The summed E-state index contributed by atoms with van der Waals surface area (Å²) in [6.45, 7) is 0.669. The number of amides is 2. The van der Waals surface area contributed by atoms with Crippen molar-refractivity contribution < 1.29 is 83.9 Å². The van der Waals surface area contributed by atoms with Gasteiger partial charge in [0.15, 0.2) is 22.8 Å². The highest BCUT2D eigenvalue weighted by atomic mass is 16.5. The number of aliphatic hydroxyl groups is 6. The number of benzene rings is 4. The van der Waals surface area contributed by atoms with E-state index >= 15 is 0 Å². The molecule has 0 spiro atoms. The van der Waals surface area contributed by atoms with Crippen molar-refractivity contribution in [2.75, 3.05) is 42.4 Å². The molecule has 414 valence electrons. The van der Waals surface area contributed by atoms with Gasteiger partial charge in [0.1, 0.15) is 63.5 Å². The second-order valence-electron chi connectivity index (χ2n) is 20.6. The van der Waals surface area contributed by atoms with Crippen molar-refractivity contribution in [3.8, 4) is 45.3 Å². The van der Waals surface area contributed by atoms with Crippen molar-refractivity contribution in [1.29, 1.82) is 0 Å². The summed E-state index contributed by atoms with van der Waals surface area (Å²) in [7, 11) is 10.7. The Morgan fingerprint density at radius 3 is 1.42 bits per heavy atom. The van der Waals surface area contributed by atoms with Crippen molar-refractivity contribution >= 4 is 52.8 Å². The number of hydrogen-bond donors (Lipinski definition) is 11. The molecule has 0 bridgehead atoms. The minimum atomic E-state index is -2.62. The molecule has 21 heteroatoms. The SMILES string of the molecule is CNC.COc1ccc(C=O)cc1-c1ccc(O)c2c1C[C@H]1C[C@H]3CC(=O)C(C(N)=O)=C(O)[C@@]3(O)C(=O)C1=C2O.COc1ccc(CN(C)C)cc1-c1ccc(O)c2c1C[C@H]1C[C@H]3CC(=O)C(C(N)=O)=C(O)[C@@]3(O)C(=O)C1=C2O. The van der Waals surface area contributed by atoms with Crippen LogP contribution in [0.2, 0.25) is 0 Å². The predicted molar refractivity (Wildman–Crippen MR) is 285 cm³/mol. The summed E-state index contributed by atoms with van der Waals surface area (Å²) in [5.41, 5.74) is 8.14. The predicted octanol–water partition coefficient (Wildman–Crippen LogP) is 3.91. The number of phenolic OH excluding ortho intramolecular Hbond substituents is 2. The zero-order valence-electron chi connectivity index (χ0n) is 44.0. The number of aldehydes is 1. The Morgan fingerprint density at radius 2 is 1.04 bits per heavy atom. The maximum absolute atomic E-state index is 13.7. The lowest BCUT2D eigenvalue weighted by Gasteiger charge is -2.46. The summed E-state index contributed by atoms with van der Waals surface area (Å²) in [6, 6.07) is 16.6. The van der Waals surface area contributed by atoms with E-state index < -0.39 is 110 Å². The van der Waals surface area contributed by atoms with E-state index in [-0.39, 0.29) is 65.9 Å². The Morgan fingerprint density at radius 1 is 0.633 bits per heavy atom. The van der Waals surface area contributed by atoms with Gasteiger partial charge >= 0.3 is 0 Å². The van der Waals surface area contributed by atoms with Gasteiger partial charge < -0.3 is 72.0 Å². The summed E-state index contributed by atoms with van der Waals surface area (Å²) in [5.74, 6) is -12.4. The van der Waals surface area contributed by atoms with Crippen molar-refractivity contribution in [3.05, 3.63) is 128 Å². The minimum Gasteiger partial charge on any atom is -0.508 e. The highest BCUT2D eigenvalue weighted by Crippen LogP contribution is 2.56. The van der Waals surface area contributed by atoms with E-state index in [0.29, 0.717) is 57.7 Å².